The van der Waals surface area contributed by atoms with Crippen LogP contribution in [0.15, 0.2) is 46.2 Å². The summed E-state index contributed by atoms with van der Waals surface area (Å²) in [5, 5.41) is 0.851. The summed E-state index contributed by atoms with van der Waals surface area (Å²) >= 11 is 6.84. The first kappa shape index (κ1) is 18.9. The van der Waals surface area contributed by atoms with Crippen LogP contribution in [0.1, 0.15) is 25.7 Å². The van der Waals surface area contributed by atoms with Crippen molar-refractivity contribution in [1.82, 2.24) is 9.13 Å². The molecule has 138 valence electrons. The number of rotatable bonds is 2. The molecule has 0 spiro atoms. The summed E-state index contributed by atoms with van der Waals surface area (Å²) in [6.45, 7) is 0. The van der Waals surface area contributed by atoms with Crippen LogP contribution in [-0.2, 0) is 16.6 Å². The summed E-state index contributed by atoms with van der Waals surface area (Å²) in [6.07, 6.45) is 6.57. The molecular weight excluding hydrogens is 368 g/mol. The molecule has 7 heteroatoms. The van der Waals surface area contributed by atoms with Gasteiger partial charge in [-0.2, -0.15) is 0 Å². The number of esters is 1. The van der Waals surface area contributed by atoms with Crippen LogP contribution in [0.25, 0.3) is 5.69 Å². The van der Waals surface area contributed by atoms with Gasteiger partial charge in [0.05, 0.1) is 10.9 Å². The molecule has 2 fully saturated rings. The molecule has 1 aliphatic heterocycles. The first-order valence-electron chi connectivity index (χ1n) is 8.64. The molecule has 26 heavy (non-hydrogen) atoms. The van der Waals surface area contributed by atoms with Crippen molar-refractivity contribution in [2.45, 2.75) is 36.8 Å². The highest BCUT2D eigenvalue weighted by Crippen LogP contribution is 2.33. The van der Waals surface area contributed by atoms with Gasteiger partial charge in [0.15, 0.2) is 4.77 Å². The van der Waals surface area contributed by atoms with Gasteiger partial charge in [-0.1, -0.05) is 18.2 Å². The maximum absolute atomic E-state index is 11.7. The normalized spacial score (nSPS) is 20.9. The van der Waals surface area contributed by atoms with Gasteiger partial charge in [-0.3, -0.25) is 18.7 Å². The van der Waals surface area contributed by atoms with Crippen molar-refractivity contribution in [1.29, 1.82) is 0 Å². The number of nitrogens with zero attached hydrogens (tertiary/aromatic N) is 2. The molecule has 0 N–H and O–H groups in total. The zero-order valence-corrected chi connectivity index (χ0v) is 16.5. The van der Waals surface area contributed by atoms with Crippen molar-refractivity contribution in [3.8, 4) is 5.69 Å². The van der Waals surface area contributed by atoms with Crippen LogP contribution in [0.2, 0.25) is 0 Å². The van der Waals surface area contributed by atoms with E-state index in [1.807, 2.05) is 41.2 Å². The third kappa shape index (κ3) is 3.94. The van der Waals surface area contributed by atoms with Gasteiger partial charge in [-0.15, -0.1) is 11.8 Å². The van der Waals surface area contributed by atoms with E-state index in [1.54, 1.807) is 13.1 Å². The molecule has 2 bridgehead atoms. The fourth-order valence-electron chi connectivity index (χ4n) is 3.30. The van der Waals surface area contributed by atoms with E-state index in [0.717, 1.165) is 30.0 Å². The molecule has 0 amide bonds. The van der Waals surface area contributed by atoms with E-state index < -0.39 is 0 Å². The molecule has 0 radical (unpaired) electrons. The van der Waals surface area contributed by atoms with E-state index in [-0.39, 0.29) is 23.6 Å². The average Bonchev–Trinajstić information content (AvgIpc) is 2.91. The summed E-state index contributed by atoms with van der Waals surface area (Å²) in [6, 6.07) is 11.4. The van der Waals surface area contributed by atoms with Crippen LogP contribution in [0.5, 0.6) is 0 Å². The molecule has 2 atom stereocenters. The second-order valence-electron chi connectivity index (χ2n) is 6.46. The Morgan fingerprint density at radius 2 is 1.92 bits per heavy atom. The van der Waals surface area contributed by atoms with Crippen LogP contribution >= 0.6 is 24.0 Å². The summed E-state index contributed by atoms with van der Waals surface area (Å²) in [4.78, 5) is 22.5. The molecule has 1 aromatic carbocycles. The van der Waals surface area contributed by atoms with Crippen LogP contribution < -0.4 is 5.56 Å². The van der Waals surface area contributed by atoms with Gasteiger partial charge in [0.1, 0.15) is 6.10 Å². The minimum Gasteiger partial charge on any atom is -0.462 e. The Kier molecular flexibility index (Phi) is 5.98. The molecule has 2 heterocycles. The van der Waals surface area contributed by atoms with Crippen molar-refractivity contribution < 1.29 is 9.53 Å². The minimum atomic E-state index is -0.0773. The largest absolute Gasteiger partial charge is 0.462 e. The molecule has 2 unspecified atom stereocenters. The van der Waals surface area contributed by atoms with E-state index in [2.05, 4.69) is 0 Å². The molecule has 2 aromatic rings. The van der Waals surface area contributed by atoms with Gasteiger partial charge < -0.3 is 4.74 Å². The first-order chi connectivity index (χ1) is 12.5. The first-order valence-corrected chi connectivity index (χ1v) is 10.3. The molecular formula is C19H22N2O3S2. The van der Waals surface area contributed by atoms with Crippen LogP contribution in [-0.4, -0.2) is 27.5 Å². The van der Waals surface area contributed by atoms with Crippen LogP contribution in [0.4, 0.5) is 0 Å². The van der Waals surface area contributed by atoms with Gasteiger partial charge in [-0.25, -0.2) is 0 Å². The summed E-state index contributed by atoms with van der Waals surface area (Å²) in [5.74, 6) is 0.321. The molecule has 2 aliphatic rings. The second-order valence-corrected chi connectivity index (χ2v) is 7.65. The van der Waals surface area contributed by atoms with Crippen molar-refractivity contribution in [3.63, 3.8) is 0 Å². The predicted octanol–water partition coefficient (Wildman–Crippen LogP) is 3.73. The predicted molar refractivity (Wildman–Crippen MR) is 105 cm³/mol. The number of thioether (sulfide) groups is 1. The van der Waals surface area contributed by atoms with Crippen LogP contribution in [0, 0.1) is 10.7 Å². The zero-order chi connectivity index (χ0) is 18.7. The topological polar surface area (TPSA) is 53.2 Å². The van der Waals surface area contributed by atoms with Crippen molar-refractivity contribution in [3.05, 3.63) is 51.5 Å². The summed E-state index contributed by atoms with van der Waals surface area (Å²) in [7, 11) is 1.69. The molecule has 1 saturated heterocycles. The van der Waals surface area contributed by atoms with E-state index in [0.29, 0.717) is 4.77 Å². The molecule has 1 saturated carbocycles. The van der Waals surface area contributed by atoms with Gasteiger partial charge in [-0.05, 0) is 56.3 Å². The fraction of sp³-hybridized carbons (Fsp3) is 0.421. The third-order valence-corrected chi connectivity index (χ3v) is 5.92. The number of hydrogen-bond acceptors (Lipinski definition) is 5. The van der Waals surface area contributed by atoms with Crippen LogP contribution in [0.3, 0.4) is 0 Å². The fourth-order valence-corrected chi connectivity index (χ4v) is 4.24. The molecule has 5 nitrogen and oxygen atoms in total. The lowest BCUT2D eigenvalue weighted by Crippen LogP contribution is -2.21. The van der Waals surface area contributed by atoms with Gasteiger partial charge in [0, 0.05) is 18.8 Å². The lowest BCUT2D eigenvalue weighted by Gasteiger charge is -2.13. The van der Waals surface area contributed by atoms with E-state index >= 15 is 0 Å². The Hall–Kier alpha value is -1.86. The maximum Gasteiger partial charge on any atom is 0.309 e. The number of hydrogen-bond donors (Lipinski definition) is 0. The SMILES string of the molecule is CSc1cc(=O)n(C)c(=S)n1-c1ccccc1.O=C1OC2CCCC1C2. The number of fused-ring (bicyclic) bond motifs is 2. The van der Waals surface area contributed by atoms with Gasteiger partial charge in [0.2, 0.25) is 0 Å². The lowest BCUT2D eigenvalue weighted by atomic mass is 9.90. The summed E-state index contributed by atoms with van der Waals surface area (Å²) < 4.78 is 8.93. The monoisotopic (exact) mass is 390 g/mol. The Bertz CT molecular complexity index is 905. The van der Waals surface area contributed by atoms with E-state index in [9.17, 15) is 9.59 Å². The lowest BCUT2D eigenvalue weighted by molar-refractivity contribution is -0.143. The number of benzene rings is 1. The Labute approximate surface area is 162 Å². The maximum atomic E-state index is 11.7. The summed E-state index contributed by atoms with van der Waals surface area (Å²) in [5.41, 5.74) is 0.893. The third-order valence-electron chi connectivity index (χ3n) is 4.74. The zero-order valence-electron chi connectivity index (χ0n) is 14.9. The van der Waals surface area contributed by atoms with Gasteiger partial charge >= 0.3 is 5.97 Å². The van der Waals surface area contributed by atoms with Crippen molar-refractivity contribution in [2.75, 3.05) is 6.26 Å². The standard InChI is InChI=1S/C12H12N2OS2.C7H10O2/c1-13-10(15)8-11(17-2)14(12(13)16)9-6-4-3-5-7-9;8-7-5-2-1-3-6(4-5)9-7/h3-8H,1-2H3;5-6H,1-4H2. The van der Waals surface area contributed by atoms with Crippen molar-refractivity contribution in [2.24, 2.45) is 13.0 Å². The Morgan fingerprint density at radius 1 is 1.19 bits per heavy atom. The number of para-hydroxylation sites is 1. The number of ether oxygens (including phenoxy) is 1. The molecule has 4 rings (SSSR count). The van der Waals surface area contributed by atoms with Crippen molar-refractivity contribution >= 4 is 29.9 Å². The van der Waals surface area contributed by atoms with E-state index in [4.69, 9.17) is 17.0 Å². The smallest absolute Gasteiger partial charge is 0.309 e. The average molecular weight is 391 g/mol. The number of aromatic nitrogens is 2. The van der Waals surface area contributed by atoms with E-state index in [1.165, 1.54) is 22.7 Å². The molecule has 1 aromatic heterocycles. The number of carbonyl (C=O) groups excluding carboxylic acids is 1. The number of carbonyl (C=O) groups is 1. The highest BCUT2D eigenvalue weighted by atomic mass is 32.2. The Balaban J connectivity index is 0.000000181. The highest BCUT2D eigenvalue weighted by Gasteiger charge is 2.37. The highest BCUT2D eigenvalue weighted by molar-refractivity contribution is 7.98. The Morgan fingerprint density at radius 3 is 2.54 bits per heavy atom. The second kappa shape index (κ2) is 8.22. The quantitative estimate of drug-likeness (QED) is 0.338. The van der Waals surface area contributed by atoms with Gasteiger partial charge in [0.25, 0.3) is 5.56 Å². The molecule has 1 aliphatic carbocycles. The minimum absolute atomic E-state index is 0.0532.